The number of thiocarbonyl (C=S) groups is 1. The number of hydrogen-bond acceptors (Lipinski definition) is 7. The van der Waals surface area contributed by atoms with E-state index in [2.05, 4.69) is 54.8 Å². The standard InChI is InChI=1S/C20H19N7S2/c28-19(23-15-6-7-15)26-18-24-16(27-11-13-4-1-2-5-14(13)12-27)10-17(25-18)29-20-21-8-3-9-22-20/h1-5,8-10,15H,6-7,11-12H2,(H2,23,24,25,26,28). The second-order valence-electron chi connectivity index (χ2n) is 7.02. The summed E-state index contributed by atoms with van der Waals surface area (Å²) in [7, 11) is 0. The van der Waals surface area contributed by atoms with E-state index in [-0.39, 0.29) is 0 Å². The maximum Gasteiger partial charge on any atom is 0.232 e. The zero-order valence-corrected chi connectivity index (χ0v) is 17.2. The number of hydrogen-bond donors (Lipinski definition) is 2. The molecule has 3 aromatic rings. The van der Waals surface area contributed by atoms with Crippen molar-refractivity contribution in [2.45, 2.75) is 42.2 Å². The van der Waals surface area contributed by atoms with Crippen molar-refractivity contribution in [2.24, 2.45) is 0 Å². The van der Waals surface area contributed by atoms with Gasteiger partial charge in [-0.3, -0.25) is 0 Å². The molecule has 1 aliphatic carbocycles. The molecular weight excluding hydrogens is 402 g/mol. The number of nitrogens with one attached hydrogen (secondary N) is 2. The fraction of sp³-hybridized carbons (Fsp3) is 0.250. The molecule has 0 unspecified atom stereocenters. The van der Waals surface area contributed by atoms with E-state index in [1.165, 1.54) is 22.9 Å². The van der Waals surface area contributed by atoms with Crippen LogP contribution in [0.4, 0.5) is 11.8 Å². The van der Waals surface area contributed by atoms with Crippen LogP contribution >= 0.6 is 24.0 Å². The number of rotatable bonds is 5. The molecule has 1 aliphatic heterocycles. The van der Waals surface area contributed by atoms with Crippen molar-refractivity contribution in [1.29, 1.82) is 0 Å². The molecule has 5 rings (SSSR count). The van der Waals surface area contributed by atoms with Gasteiger partial charge in [-0.2, -0.15) is 4.98 Å². The predicted octanol–water partition coefficient (Wildman–Crippen LogP) is 3.39. The highest BCUT2D eigenvalue weighted by Crippen LogP contribution is 2.31. The van der Waals surface area contributed by atoms with Crippen molar-refractivity contribution in [2.75, 3.05) is 10.2 Å². The number of nitrogens with zero attached hydrogens (tertiary/aromatic N) is 5. The fourth-order valence-electron chi connectivity index (χ4n) is 3.16. The third-order valence-electron chi connectivity index (χ3n) is 4.73. The smallest absolute Gasteiger partial charge is 0.232 e. The third kappa shape index (κ3) is 4.46. The molecule has 7 nitrogen and oxygen atoms in total. The van der Waals surface area contributed by atoms with Crippen LogP contribution in [0.2, 0.25) is 0 Å². The van der Waals surface area contributed by atoms with Gasteiger partial charge in [0.25, 0.3) is 0 Å². The normalized spacial score (nSPS) is 15.1. The molecule has 0 radical (unpaired) electrons. The molecule has 3 heterocycles. The fourth-order valence-corrected chi connectivity index (χ4v) is 4.13. The minimum absolute atomic E-state index is 0.470. The summed E-state index contributed by atoms with van der Waals surface area (Å²) in [6.07, 6.45) is 5.76. The van der Waals surface area contributed by atoms with Crippen LogP contribution in [-0.4, -0.2) is 31.1 Å². The molecule has 9 heteroatoms. The number of anilines is 2. The Morgan fingerprint density at radius 2 is 1.76 bits per heavy atom. The van der Waals surface area contributed by atoms with Crippen LogP contribution in [-0.2, 0) is 13.1 Å². The van der Waals surface area contributed by atoms with Gasteiger partial charge in [-0.1, -0.05) is 24.3 Å². The first-order valence-corrected chi connectivity index (χ1v) is 10.7. The maximum absolute atomic E-state index is 5.41. The van der Waals surface area contributed by atoms with Gasteiger partial charge in [0.15, 0.2) is 10.3 Å². The lowest BCUT2D eigenvalue weighted by molar-refractivity contribution is 0.842. The number of aromatic nitrogens is 4. The quantitative estimate of drug-likeness (QED) is 0.366. The second kappa shape index (κ2) is 7.92. The highest BCUT2D eigenvalue weighted by atomic mass is 32.2. The van der Waals surface area contributed by atoms with Gasteiger partial charge in [0.2, 0.25) is 5.95 Å². The Hall–Kier alpha value is -2.78. The van der Waals surface area contributed by atoms with Gasteiger partial charge >= 0.3 is 0 Å². The van der Waals surface area contributed by atoms with Gasteiger partial charge in [-0.15, -0.1) is 0 Å². The van der Waals surface area contributed by atoms with Gasteiger partial charge in [0.05, 0.1) is 0 Å². The Bertz CT molecular complexity index is 1020. The van der Waals surface area contributed by atoms with E-state index >= 15 is 0 Å². The van der Waals surface area contributed by atoms with Gasteiger partial charge in [0, 0.05) is 37.6 Å². The molecule has 0 saturated heterocycles. The van der Waals surface area contributed by atoms with Crippen LogP contribution in [0.3, 0.4) is 0 Å². The molecule has 2 N–H and O–H groups in total. The minimum Gasteiger partial charge on any atom is -0.360 e. The molecule has 146 valence electrons. The third-order valence-corrected chi connectivity index (χ3v) is 5.76. The highest BCUT2D eigenvalue weighted by Gasteiger charge is 2.23. The molecule has 0 amide bonds. The first-order chi connectivity index (χ1) is 14.2. The van der Waals surface area contributed by atoms with E-state index in [1.54, 1.807) is 18.5 Å². The van der Waals surface area contributed by atoms with Crippen LogP contribution in [0, 0.1) is 0 Å². The molecule has 0 spiro atoms. The van der Waals surface area contributed by atoms with Crippen LogP contribution in [0.25, 0.3) is 0 Å². The van der Waals surface area contributed by atoms with E-state index in [0.29, 0.717) is 22.3 Å². The lowest BCUT2D eigenvalue weighted by Gasteiger charge is -2.18. The van der Waals surface area contributed by atoms with Crippen molar-refractivity contribution >= 4 is 40.9 Å². The summed E-state index contributed by atoms with van der Waals surface area (Å²) in [4.78, 5) is 20.2. The van der Waals surface area contributed by atoms with Gasteiger partial charge < -0.3 is 15.5 Å². The first-order valence-electron chi connectivity index (χ1n) is 9.46. The van der Waals surface area contributed by atoms with E-state index < -0.39 is 0 Å². The lowest BCUT2D eigenvalue weighted by Crippen LogP contribution is -2.31. The molecule has 0 bridgehead atoms. The zero-order chi connectivity index (χ0) is 19.6. The van der Waals surface area contributed by atoms with Gasteiger partial charge in [-0.25, -0.2) is 15.0 Å². The molecule has 29 heavy (non-hydrogen) atoms. The largest absolute Gasteiger partial charge is 0.360 e. The predicted molar refractivity (Wildman–Crippen MR) is 117 cm³/mol. The summed E-state index contributed by atoms with van der Waals surface area (Å²) in [5.41, 5.74) is 2.65. The maximum atomic E-state index is 5.41. The Morgan fingerprint density at radius 3 is 2.45 bits per heavy atom. The van der Waals surface area contributed by atoms with Crippen molar-refractivity contribution in [3.63, 3.8) is 0 Å². The van der Waals surface area contributed by atoms with Crippen LogP contribution in [0.15, 0.2) is 59.0 Å². The molecule has 1 saturated carbocycles. The molecule has 1 fully saturated rings. The van der Waals surface area contributed by atoms with Crippen molar-refractivity contribution in [1.82, 2.24) is 25.3 Å². The van der Waals surface area contributed by atoms with E-state index in [0.717, 1.165) is 36.8 Å². The zero-order valence-electron chi connectivity index (χ0n) is 15.6. The monoisotopic (exact) mass is 421 g/mol. The topological polar surface area (TPSA) is 78.9 Å². The summed E-state index contributed by atoms with van der Waals surface area (Å²) in [5.74, 6) is 1.33. The average Bonchev–Trinajstić information content (AvgIpc) is 3.42. The molecule has 2 aromatic heterocycles. The van der Waals surface area contributed by atoms with E-state index in [4.69, 9.17) is 17.2 Å². The Balaban J connectivity index is 1.42. The van der Waals surface area contributed by atoms with E-state index in [9.17, 15) is 0 Å². The summed E-state index contributed by atoms with van der Waals surface area (Å²) in [5, 5.41) is 8.39. The van der Waals surface area contributed by atoms with Crippen molar-refractivity contribution in [3.05, 3.63) is 59.9 Å². The second-order valence-corrected chi connectivity index (χ2v) is 8.41. The number of fused-ring (bicyclic) bond motifs is 1. The van der Waals surface area contributed by atoms with Crippen LogP contribution in [0.1, 0.15) is 24.0 Å². The Labute approximate surface area is 178 Å². The molecule has 0 atom stereocenters. The van der Waals surface area contributed by atoms with Gasteiger partial charge in [0.1, 0.15) is 10.8 Å². The molecule has 1 aromatic carbocycles. The SMILES string of the molecule is S=C(Nc1nc(Sc2ncccn2)cc(N2Cc3ccccc3C2)n1)NC1CC1. The van der Waals surface area contributed by atoms with Crippen molar-refractivity contribution in [3.8, 4) is 0 Å². The Morgan fingerprint density at radius 1 is 1.03 bits per heavy atom. The van der Waals surface area contributed by atoms with Gasteiger partial charge in [-0.05, 0) is 54.0 Å². The lowest BCUT2D eigenvalue weighted by atomic mass is 10.1. The minimum atomic E-state index is 0.470. The molecule has 2 aliphatic rings. The summed E-state index contributed by atoms with van der Waals surface area (Å²) in [6, 6.07) is 12.7. The van der Waals surface area contributed by atoms with E-state index in [1.807, 2.05) is 6.07 Å². The number of benzene rings is 1. The van der Waals surface area contributed by atoms with Crippen LogP contribution < -0.4 is 15.5 Å². The summed E-state index contributed by atoms with van der Waals surface area (Å²) >= 11 is 6.82. The highest BCUT2D eigenvalue weighted by molar-refractivity contribution is 7.99. The van der Waals surface area contributed by atoms with Crippen LogP contribution in [0.5, 0.6) is 0 Å². The molecular formula is C20H19N7S2. The Kier molecular flexibility index (Phi) is 4.99. The summed E-state index contributed by atoms with van der Waals surface area (Å²) < 4.78 is 0. The average molecular weight is 422 g/mol. The summed E-state index contributed by atoms with van der Waals surface area (Å²) in [6.45, 7) is 1.65. The first kappa shape index (κ1) is 18.3. The van der Waals surface area contributed by atoms with Crippen molar-refractivity contribution < 1.29 is 0 Å².